The number of benzene rings is 1. The molecular weight excluding hydrogens is 368 g/mol. The predicted molar refractivity (Wildman–Crippen MR) is 104 cm³/mol. The number of hydrogen-bond donors (Lipinski definition) is 1. The molecule has 1 aliphatic carbocycles. The lowest BCUT2D eigenvalue weighted by atomic mass is 10.1. The molecule has 3 atom stereocenters. The van der Waals surface area contributed by atoms with Crippen molar-refractivity contribution in [2.45, 2.75) is 44.9 Å². The minimum absolute atomic E-state index is 0.0531. The first kappa shape index (κ1) is 20.4. The molecular formula is C20H29ClN2O4. The van der Waals surface area contributed by atoms with Gasteiger partial charge in [0, 0.05) is 31.2 Å². The molecule has 27 heavy (non-hydrogen) atoms. The lowest BCUT2D eigenvalue weighted by molar-refractivity contribution is -0.136. The predicted octanol–water partition coefficient (Wildman–Crippen LogP) is 2.02. The summed E-state index contributed by atoms with van der Waals surface area (Å²) in [6.07, 6.45) is 1.14. The fraction of sp³-hybridized carbons (Fsp3) is 0.650. The molecule has 1 aliphatic heterocycles. The molecule has 6 nitrogen and oxygen atoms in total. The van der Waals surface area contributed by atoms with Gasteiger partial charge in [0.2, 0.25) is 0 Å². The molecule has 0 aromatic heterocycles. The van der Waals surface area contributed by atoms with Crippen LogP contribution in [0, 0.1) is 13.8 Å². The van der Waals surface area contributed by atoms with Gasteiger partial charge in [-0.1, -0.05) is 11.6 Å². The number of aliphatic hydroxyl groups is 1. The molecule has 1 amide bonds. The third-order valence-electron chi connectivity index (χ3n) is 5.72. The van der Waals surface area contributed by atoms with E-state index in [4.69, 9.17) is 21.1 Å². The average molecular weight is 397 g/mol. The van der Waals surface area contributed by atoms with Crippen LogP contribution in [-0.2, 0) is 9.53 Å². The van der Waals surface area contributed by atoms with Gasteiger partial charge >= 0.3 is 0 Å². The Labute approximate surface area is 166 Å². The summed E-state index contributed by atoms with van der Waals surface area (Å²) in [5, 5.41) is 11.5. The SMILES string of the molecule is Cc1cc(OCC(=O)N(C)[C@@H]2CC[C@@H](N3CCOCC3)[C@@H]2O)cc(C)c1Cl. The summed E-state index contributed by atoms with van der Waals surface area (Å²) < 4.78 is 11.1. The number of halogens is 1. The van der Waals surface area contributed by atoms with E-state index in [1.54, 1.807) is 11.9 Å². The Hall–Kier alpha value is -1.34. The van der Waals surface area contributed by atoms with Gasteiger partial charge < -0.3 is 19.5 Å². The van der Waals surface area contributed by atoms with Crippen molar-refractivity contribution in [2.75, 3.05) is 40.0 Å². The van der Waals surface area contributed by atoms with Crippen LogP contribution in [0.15, 0.2) is 12.1 Å². The highest BCUT2D eigenvalue weighted by molar-refractivity contribution is 6.32. The van der Waals surface area contributed by atoms with Crippen LogP contribution < -0.4 is 4.74 Å². The van der Waals surface area contributed by atoms with Crippen LogP contribution in [0.5, 0.6) is 5.75 Å². The van der Waals surface area contributed by atoms with Gasteiger partial charge in [0.1, 0.15) is 5.75 Å². The second-order valence-corrected chi connectivity index (χ2v) is 7.89. The first-order valence-electron chi connectivity index (χ1n) is 9.53. The summed E-state index contributed by atoms with van der Waals surface area (Å²) in [7, 11) is 1.75. The number of aryl methyl sites for hydroxylation is 2. The van der Waals surface area contributed by atoms with Crippen molar-refractivity contribution >= 4 is 17.5 Å². The smallest absolute Gasteiger partial charge is 0.260 e. The molecule has 2 fully saturated rings. The normalized spacial score (nSPS) is 26.2. The lowest BCUT2D eigenvalue weighted by Gasteiger charge is -2.36. The van der Waals surface area contributed by atoms with E-state index in [1.807, 2.05) is 26.0 Å². The topological polar surface area (TPSA) is 62.2 Å². The highest BCUT2D eigenvalue weighted by atomic mass is 35.5. The summed E-state index contributed by atoms with van der Waals surface area (Å²) in [5.41, 5.74) is 1.85. The molecule has 1 N–H and O–H groups in total. The van der Waals surface area contributed by atoms with Crippen molar-refractivity contribution in [1.82, 2.24) is 9.80 Å². The van der Waals surface area contributed by atoms with E-state index in [9.17, 15) is 9.90 Å². The van der Waals surface area contributed by atoms with E-state index in [0.717, 1.165) is 37.1 Å². The maximum atomic E-state index is 12.6. The Bertz CT molecular complexity index is 655. The zero-order valence-corrected chi connectivity index (χ0v) is 17.0. The van der Waals surface area contributed by atoms with E-state index < -0.39 is 6.10 Å². The van der Waals surface area contributed by atoms with Crippen molar-refractivity contribution in [3.8, 4) is 5.75 Å². The van der Waals surface area contributed by atoms with Gasteiger partial charge in [0.15, 0.2) is 6.61 Å². The number of amides is 1. The van der Waals surface area contributed by atoms with Gasteiger partial charge in [-0.05, 0) is 49.9 Å². The molecule has 0 radical (unpaired) electrons. The molecule has 7 heteroatoms. The van der Waals surface area contributed by atoms with Crippen molar-refractivity contribution < 1.29 is 19.4 Å². The highest BCUT2D eigenvalue weighted by Gasteiger charge is 2.41. The second kappa shape index (κ2) is 8.78. The number of hydrogen-bond acceptors (Lipinski definition) is 5. The summed E-state index contributed by atoms with van der Waals surface area (Å²) in [6, 6.07) is 3.59. The fourth-order valence-corrected chi connectivity index (χ4v) is 4.20. The molecule has 1 aromatic carbocycles. The quantitative estimate of drug-likeness (QED) is 0.825. The van der Waals surface area contributed by atoms with Crippen molar-refractivity contribution in [1.29, 1.82) is 0 Å². The molecule has 1 heterocycles. The average Bonchev–Trinajstić information content (AvgIpc) is 3.05. The molecule has 3 rings (SSSR count). The van der Waals surface area contributed by atoms with Gasteiger partial charge in [-0.3, -0.25) is 9.69 Å². The molecule has 1 saturated carbocycles. The number of carbonyl (C=O) groups is 1. The Morgan fingerprint density at radius 1 is 1.30 bits per heavy atom. The molecule has 150 valence electrons. The minimum Gasteiger partial charge on any atom is -0.484 e. The monoisotopic (exact) mass is 396 g/mol. The molecule has 0 bridgehead atoms. The van der Waals surface area contributed by atoms with Gasteiger partial charge in [0.05, 0.1) is 25.4 Å². The van der Waals surface area contributed by atoms with Crippen molar-refractivity contribution in [2.24, 2.45) is 0 Å². The number of likely N-dealkylation sites (N-methyl/N-ethyl adjacent to an activating group) is 1. The van der Waals surface area contributed by atoms with Gasteiger partial charge in [0.25, 0.3) is 5.91 Å². The summed E-state index contributed by atoms with van der Waals surface area (Å²) in [4.78, 5) is 16.5. The zero-order chi connectivity index (χ0) is 19.6. The lowest BCUT2D eigenvalue weighted by Crippen LogP contribution is -2.52. The number of morpholine rings is 1. The molecule has 0 unspecified atom stereocenters. The molecule has 1 saturated heterocycles. The minimum atomic E-state index is -0.544. The maximum absolute atomic E-state index is 12.6. The van der Waals surface area contributed by atoms with E-state index >= 15 is 0 Å². The van der Waals surface area contributed by atoms with Crippen LogP contribution in [0.4, 0.5) is 0 Å². The van der Waals surface area contributed by atoms with Crippen LogP contribution in [0.25, 0.3) is 0 Å². The summed E-state index contributed by atoms with van der Waals surface area (Å²) in [5.74, 6) is 0.501. The third-order valence-corrected chi connectivity index (χ3v) is 6.32. The maximum Gasteiger partial charge on any atom is 0.260 e. The summed E-state index contributed by atoms with van der Waals surface area (Å²) in [6.45, 7) is 6.86. The van der Waals surface area contributed by atoms with E-state index in [0.29, 0.717) is 24.0 Å². The van der Waals surface area contributed by atoms with E-state index in [-0.39, 0.29) is 24.6 Å². The van der Waals surface area contributed by atoms with Crippen LogP contribution in [0.1, 0.15) is 24.0 Å². The largest absolute Gasteiger partial charge is 0.484 e. The number of aliphatic hydroxyl groups excluding tert-OH is 1. The van der Waals surface area contributed by atoms with Gasteiger partial charge in [-0.25, -0.2) is 0 Å². The van der Waals surface area contributed by atoms with Crippen LogP contribution in [-0.4, -0.2) is 79.0 Å². The number of rotatable bonds is 5. The molecule has 0 spiro atoms. The van der Waals surface area contributed by atoms with E-state index in [1.165, 1.54) is 0 Å². The third kappa shape index (κ3) is 4.57. The van der Waals surface area contributed by atoms with Crippen LogP contribution >= 0.6 is 11.6 Å². The zero-order valence-electron chi connectivity index (χ0n) is 16.3. The number of carbonyl (C=O) groups excluding carboxylic acids is 1. The van der Waals surface area contributed by atoms with Crippen LogP contribution in [0.3, 0.4) is 0 Å². The van der Waals surface area contributed by atoms with Crippen LogP contribution in [0.2, 0.25) is 5.02 Å². The second-order valence-electron chi connectivity index (χ2n) is 7.52. The van der Waals surface area contributed by atoms with Crippen molar-refractivity contribution in [3.05, 3.63) is 28.3 Å². The summed E-state index contributed by atoms with van der Waals surface area (Å²) >= 11 is 6.17. The number of ether oxygens (including phenoxy) is 2. The van der Waals surface area contributed by atoms with Gasteiger partial charge in [-0.15, -0.1) is 0 Å². The Morgan fingerprint density at radius 3 is 2.56 bits per heavy atom. The first-order chi connectivity index (χ1) is 12.9. The fourth-order valence-electron chi connectivity index (χ4n) is 4.09. The van der Waals surface area contributed by atoms with E-state index in [2.05, 4.69) is 4.90 Å². The Kier molecular flexibility index (Phi) is 6.63. The number of nitrogens with zero attached hydrogens (tertiary/aromatic N) is 2. The van der Waals surface area contributed by atoms with Crippen molar-refractivity contribution in [3.63, 3.8) is 0 Å². The Morgan fingerprint density at radius 2 is 1.93 bits per heavy atom. The standard InChI is InChI=1S/C20H29ClN2O4/c1-13-10-15(11-14(2)19(13)21)27-12-18(24)22(3)16-4-5-17(20(16)25)23-6-8-26-9-7-23/h10-11,16-17,20,25H,4-9,12H2,1-3H3/t16-,17-,20-/m1/s1. The Balaban J connectivity index is 1.55. The van der Waals surface area contributed by atoms with Gasteiger partial charge in [-0.2, -0.15) is 0 Å². The molecule has 2 aliphatic rings. The highest BCUT2D eigenvalue weighted by Crippen LogP contribution is 2.29. The first-order valence-corrected chi connectivity index (χ1v) is 9.91. The molecule has 1 aromatic rings.